The average Bonchev–Trinajstić information content (AvgIpc) is 3.17. The van der Waals surface area contributed by atoms with Crippen molar-refractivity contribution in [2.45, 2.75) is 18.5 Å². The molecule has 0 fully saturated rings. The fourth-order valence-corrected chi connectivity index (χ4v) is 3.39. The van der Waals surface area contributed by atoms with E-state index in [0.29, 0.717) is 6.42 Å². The summed E-state index contributed by atoms with van der Waals surface area (Å²) in [6, 6.07) is 14.0. The van der Waals surface area contributed by atoms with Gasteiger partial charge in [0.25, 0.3) is 0 Å². The monoisotopic (exact) mass is 298 g/mol. The van der Waals surface area contributed by atoms with Crippen LogP contribution >= 0.6 is 11.3 Å². The van der Waals surface area contributed by atoms with Gasteiger partial charge in [0.05, 0.1) is 12.0 Å². The van der Waals surface area contributed by atoms with Crippen molar-refractivity contribution in [2.24, 2.45) is 11.7 Å². The maximum atomic E-state index is 12.5. The predicted molar refractivity (Wildman–Crippen MR) is 86.0 cm³/mol. The summed E-state index contributed by atoms with van der Waals surface area (Å²) in [6.07, 6.45) is 4.52. The second-order valence-electron chi connectivity index (χ2n) is 5.26. The molecule has 2 aromatic rings. The third-order valence-electron chi connectivity index (χ3n) is 3.70. The highest BCUT2D eigenvalue weighted by Crippen LogP contribution is 2.27. The number of rotatable bonds is 4. The molecule has 0 saturated heterocycles. The summed E-state index contributed by atoms with van der Waals surface area (Å²) in [5.41, 5.74) is 6.93. The van der Waals surface area contributed by atoms with Crippen molar-refractivity contribution < 1.29 is 4.79 Å². The number of hydrogen-bond acceptors (Lipinski definition) is 3. The molecule has 0 saturated carbocycles. The van der Waals surface area contributed by atoms with E-state index < -0.39 is 0 Å². The minimum Gasteiger partial charge on any atom is -0.344 e. The normalized spacial score (nSPS) is 22.1. The minimum absolute atomic E-state index is 0.00216. The summed E-state index contributed by atoms with van der Waals surface area (Å²) in [5, 5.41) is 5.19. The Bertz CT molecular complexity index is 622. The predicted octanol–water partition coefficient (Wildman–Crippen LogP) is 2.86. The summed E-state index contributed by atoms with van der Waals surface area (Å²) in [4.78, 5) is 13.6. The second kappa shape index (κ2) is 6.24. The van der Waals surface area contributed by atoms with Gasteiger partial charge in [0.1, 0.15) is 0 Å². The molecule has 3 rings (SSSR count). The number of amides is 1. The third-order valence-corrected chi connectivity index (χ3v) is 4.64. The Hall–Kier alpha value is -1.91. The molecule has 1 heterocycles. The minimum atomic E-state index is -0.119. The van der Waals surface area contributed by atoms with E-state index in [1.807, 2.05) is 53.9 Å². The van der Waals surface area contributed by atoms with Gasteiger partial charge in [-0.1, -0.05) is 48.6 Å². The molecule has 3 atom stereocenters. The Morgan fingerprint density at radius 1 is 1.19 bits per heavy atom. The van der Waals surface area contributed by atoms with Gasteiger partial charge >= 0.3 is 0 Å². The first kappa shape index (κ1) is 14.0. The highest BCUT2D eigenvalue weighted by molar-refractivity contribution is 7.10. The van der Waals surface area contributed by atoms with Crippen LogP contribution in [0.5, 0.6) is 0 Å². The summed E-state index contributed by atoms with van der Waals surface area (Å²) < 4.78 is 0. The smallest absolute Gasteiger partial charge is 0.227 e. The largest absolute Gasteiger partial charge is 0.344 e. The van der Waals surface area contributed by atoms with Gasteiger partial charge in [0, 0.05) is 10.9 Å². The van der Waals surface area contributed by atoms with Gasteiger partial charge in [-0.3, -0.25) is 4.79 Å². The van der Waals surface area contributed by atoms with E-state index in [1.54, 1.807) is 11.3 Å². The molecule has 3 unspecified atom stereocenters. The number of carbonyl (C=O) groups excluding carboxylic acids is 1. The molecule has 1 aliphatic carbocycles. The summed E-state index contributed by atoms with van der Waals surface area (Å²) in [6.45, 7) is 0. The molecular weight excluding hydrogens is 280 g/mol. The summed E-state index contributed by atoms with van der Waals surface area (Å²) >= 11 is 1.65. The molecule has 4 heteroatoms. The second-order valence-corrected chi connectivity index (χ2v) is 6.24. The fourth-order valence-electron chi connectivity index (χ4n) is 2.59. The molecule has 1 aliphatic rings. The maximum absolute atomic E-state index is 12.5. The molecule has 0 radical (unpaired) electrons. The van der Waals surface area contributed by atoms with Crippen molar-refractivity contribution in [3.63, 3.8) is 0 Å². The molecule has 21 heavy (non-hydrogen) atoms. The van der Waals surface area contributed by atoms with Crippen LogP contribution in [0, 0.1) is 5.92 Å². The topological polar surface area (TPSA) is 55.1 Å². The Labute approximate surface area is 128 Å². The molecule has 3 N–H and O–H groups in total. The molecule has 1 amide bonds. The van der Waals surface area contributed by atoms with Gasteiger partial charge in [-0.05, 0) is 23.4 Å². The van der Waals surface area contributed by atoms with Crippen molar-refractivity contribution in [1.29, 1.82) is 0 Å². The number of benzene rings is 1. The fraction of sp³-hybridized carbons (Fsp3) is 0.235. The van der Waals surface area contributed by atoms with Gasteiger partial charge < -0.3 is 11.1 Å². The first-order chi connectivity index (χ1) is 10.2. The third kappa shape index (κ3) is 3.23. The lowest BCUT2D eigenvalue weighted by molar-refractivity contribution is -0.124. The van der Waals surface area contributed by atoms with Crippen LogP contribution in [0.25, 0.3) is 0 Å². The van der Waals surface area contributed by atoms with Gasteiger partial charge in [0.15, 0.2) is 0 Å². The number of nitrogens with one attached hydrogen (secondary N) is 1. The average molecular weight is 298 g/mol. The van der Waals surface area contributed by atoms with Crippen molar-refractivity contribution in [3.05, 3.63) is 70.4 Å². The van der Waals surface area contributed by atoms with Crippen LogP contribution in [0.15, 0.2) is 60.0 Å². The van der Waals surface area contributed by atoms with Gasteiger partial charge in [0.2, 0.25) is 5.91 Å². The van der Waals surface area contributed by atoms with E-state index in [1.165, 1.54) is 0 Å². The van der Waals surface area contributed by atoms with Crippen LogP contribution in [0.2, 0.25) is 0 Å². The van der Waals surface area contributed by atoms with E-state index in [-0.39, 0.29) is 23.9 Å². The first-order valence-electron chi connectivity index (χ1n) is 7.06. The van der Waals surface area contributed by atoms with Crippen LogP contribution < -0.4 is 11.1 Å². The van der Waals surface area contributed by atoms with E-state index in [2.05, 4.69) is 11.4 Å². The van der Waals surface area contributed by atoms with Crippen LogP contribution in [0.4, 0.5) is 0 Å². The Morgan fingerprint density at radius 3 is 2.62 bits per heavy atom. The van der Waals surface area contributed by atoms with Crippen LogP contribution in [0.1, 0.15) is 22.9 Å². The van der Waals surface area contributed by atoms with Crippen LogP contribution in [-0.2, 0) is 4.79 Å². The van der Waals surface area contributed by atoms with E-state index in [9.17, 15) is 4.79 Å². The molecule has 1 aromatic carbocycles. The zero-order valence-electron chi connectivity index (χ0n) is 11.6. The molecule has 108 valence electrons. The zero-order valence-corrected chi connectivity index (χ0v) is 12.4. The van der Waals surface area contributed by atoms with Gasteiger partial charge in [-0.2, -0.15) is 0 Å². The number of nitrogens with two attached hydrogens (primary N) is 1. The zero-order chi connectivity index (χ0) is 14.7. The Morgan fingerprint density at radius 2 is 2.00 bits per heavy atom. The number of carbonyl (C=O) groups is 1. The lowest BCUT2D eigenvalue weighted by Crippen LogP contribution is -2.34. The number of hydrogen-bond donors (Lipinski definition) is 2. The molecular formula is C17H18N2OS. The van der Waals surface area contributed by atoms with Crippen molar-refractivity contribution in [1.82, 2.24) is 5.32 Å². The van der Waals surface area contributed by atoms with Gasteiger partial charge in [-0.25, -0.2) is 0 Å². The highest BCUT2D eigenvalue weighted by Gasteiger charge is 2.26. The highest BCUT2D eigenvalue weighted by atomic mass is 32.1. The summed E-state index contributed by atoms with van der Waals surface area (Å²) in [5.74, 6) is -0.0763. The Balaban J connectivity index is 1.80. The molecule has 0 bridgehead atoms. The number of thiophene rings is 1. The van der Waals surface area contributed by atoms with Gasteiger partial charge in [-0.15, -0.1) is 11.3 Å². The van der Waals surface area contributed by atoms with E-state index >= 15 is 0 Å². The standard InChI is InChI=1S/C17H18N2OS/c18-14-9-8-13(11-14)17(20)19-16(15-7-4-10-21-15)12-5-2-1-3-6-12/h1-10,13-14,16H,11,18H2,(H,19,20). The SMILES string of the molecule is NC1C=CC(C(=O)NC(c2ccccc2)c2cccs2)C1. The Kier molecular flexibility index (Phi) is 4.18. The van der Waals surface area contributed by atoms with Crippen molar-refractivity contribution >= 4 is 17.2 Å². The molecule has 0 aliphatic heterocycles. The van der Waals surface area contributed by atoms with Crippen LogP contribution in [0.3, 0.4) is 0 Å². The van der Waals surface area contributed by atoms with Crippen LogP contribution in [-0.4, -0.2) is 11.9 Å². The van der Waals surface area contributed by atoms with Crippen molar-refractivity contribution in [3.8, 4) is 0 Å². The first-order valence-corrected chi connectivity index (χ1v) is 7.94. The summed E-state index contributed by atoms with van der Waals surface area (Å²) in [7, 11) is 0. The lowest BCUT2D eigenvalue weighted by atomic mass is 10.0. The molecule has 3 nitrogen and oxygen atoms in total. The maximum Gasteiger partial charge on any atom is 0.227 e. The lowest BCUT2D eigenvalue weighted by Gasteiger charge is -2.20. The molecule has 1 aromatic heterocycles. The van der Waals surface area contributed by atoms with E-state index in [4.69, 9.17) is 5.73 Å². The van der Waals surface area contributed by atoms with E-state index in [0.717, 1.165) is 10.4 Å². The molecule has 0 spiro atoms. The quantitative estimate of drug-likeness (QED) is 0.853. The van der Waals surface area contributed by atoms with Crippen molar-refractivity contribution in [2.75, 3.05) is 0 Å².